The van der Waals surface area contributed by atoms with Crippen LogP contribution in [0.4, 0.5) is 5.69 Å². The van der Waals surface area contributed by atoms with Gasteiger partial charge < -0.3 is 20.8 Å². The molecule has 2 atom stereocenters. The van der Waals surface area contributed by atoms with Crippen molar-refractivity contribution >= 4 is 17.5 Å². The molecular weight excluding hydrogens is 426 g/mol. The molecule has 0 aromatic heterocycles. The average molecular weight is 449 g/mol. The molecule has 2 amide bonds. The highest BCUT2D eigenvalue weighted by molar-refractivity contribution is 6.01. The van der Waals surface area contributed by atoms with E-state index in [2.05, 4.69) is 10.6 Å². The molecule has 170 valence electrons. The van der Waals surface area contributed by atoms with E-state index in [1.807, 2.05) is 0 Å². The second-order valence-electron chi connectivity index (χ2n) is 7.61. The largest absolute Gasteiger partial charge is 0.508 e. The molecule has 4 N–H and O–H groups in total. The molecule has 0 unspecified atom stereocenters. The van der Waals surface area contributed by atoms with E-state index in [1.54, 1.807) is 38.1 Å². The van der Waals surface area contributed by atoms with Crippen molar-refractivity contribution in [1.82, 2.24) is 10.6 Å². The Labute approximate surface area is 189 Å². The van der Waals surface area contributed by atoms with Crippen molar-refractivity contribution < 1.29 is 24.7 Å². The number of carbonyl (C=O) groups excluding carboxylic acids is 2. The minimum absolute atomic E-state index is 0.0451. The summed E-state index contributed by atoms with van der Waals surface area (Å²) in [6, 6.07) is 15.2. The Bertz CT molecular complexity index is 1130. The van der Waals surface area contributed by atoms with Crippen LogP contribution < -0.4 is 10.6 Å². The Balaban J connectivity index is 1.83. The number of benzene rings is 3. The summed E-state index contributed by atoms with van der Waals surface area (Å²) in [7, 11) is 0. The molecule has 0 aliphatic heterocycles. The number of non-ortho nitro benzene ring substituents is 1. The molecule has 0 aliphatic carbocycles. The number of amides is 2. The van der Waals surface area contributed by atoms with Gasteiger partial charge in [0.25, 0.3) is 17.5 Å². The zero-order chi connectivity index (χ0) is 24.1. The molecule has 0 fully saturated rings. The molecular formula is C24H23N3O6. The van der Waals surface area contributed by atoms with E-state index in [0.717, 1.165) is 12.1 Å². The quantitative estimate of drug-likeness (QED) is 0.317. The smallest absolute Gasteiger partial charge is 0.271 e. The van der Waals surface area contributed by atoms with Crippen molar-refractivity contribution in [2.75, 3.05) is 0 Å². The molecule has 3 rings (SSSR count). The van der Waals surface area contributed by atoms with Gasteiger partial charge in [0.1, 0.15) is 11.5 Å². The first-order valence-electron chi connectivity index (χ1n) is 10.1. The van der Waals surface area contributed by atoms with Gasteiger partial charge in [-0.2, -0.15) is 0 Å². The first kappa shape index (κ1) is 23.3. The second kappa shape index (κ2) is 9.82. The van der Waals surface area contributed by atoms with Crippen molar-refractivity contribution in [1.29, 1.82) is 0 Å². The summed E-state index contributed by atoms with van der Waals surface area (Å²) in [5.74, 6) is -1.12. The topological polar surface area (TPSA) is 142 Å². The summed E-state index contributed by atoms with van der Waals surface area (Å²) in [5, 5.41) is 36.1. The van der Waals surface area contributed by atoms with Gasteiger partial charge in [0, 0.05) is 23.3 Å². The van der Waals surface area contributed by atoms with Crippen LogP contribution in [0, 0.1) is 10.1 Å². The third-order valence-corrected chi connectivity index (χ3v) is 5.09. The van der Waals surface area contributed by atoms with E-state index >= 15 is 0 Å². The Hall–Kier alpha value is -4.40. The van der Waals surface area contributed by atoms with Gasteiger partial charge in [0.05, 0.1) is 17.0 Å². The molecule has 0 aliphatic rings. The third-order valence-electron chi connectivity index (χ3n) is 5.09. The maximum atomic E-state index is 12.8. The first-order valence-corrected chi connectivity index (χ1v) is 10.1. The maximum absolute atomic E-state index is 12.8. The molecule has 3 aromatic carbocycles. The summed E-state index contributed by atoms with van der Waals surface area (Å²) >= 11 is 0. The molecule has 33 heavy (non-hydrogen) atoms. The van der Waals surface area contributed by atoms with E-state index in [-0.39, 0.29) is 22.6 Å². The van der Waals surface area contributed by atoms with Crippen LogP contribution in [0.1, 0.15) is 57.8 Å². The van der Waals surface area contributed by atoms with E-state index in [4.69, 9.17) is 0 Å². The highest BCUT2D eigenvalue weighted by atomic mass is 16.6. The van der Waals surface area contributed by atoms with Gasteiger partial charge in [0.2, 0.25) is 0 Å². The van der Waals surface area contributed by atoms with Gasteiger partial charge in [-0.15, -0.1) is 0 Å². The Morgan fingerprint density at radius 1 is 0.788 bits per heavy atom. The lowest BCUT2D eigenvalue weighted by molar-refractivity contribution is -0.384. The molecule has 9 nitrogen and oxygen atoms in total. The average Bonchev–Trinajstić information content (AvgIpc) is 2.78. The fourth-order valence-electron chi connectivity index (χ4n) is 3.29. The number of rotatable bonds is 7. The zero-order valence-corrected chi connectivity index (χ0v) is 18.0. The lowest BCUT2D eigenvalue weighted by atomic mass is 10.0. The number of aromatic hydroxyl groups is 2. The summed E-state index contributed by atoms with van der Waals surface area (Å²) in [5.41, 5.74) is 0.791. The van der Waals surface area contributed by atoms with E-state index in [0.29, 0.717) is 11.1 Å². The number of nitrogens with zero attached hydrogens (tertiary/aromatic N) is 1. The predicted molar refractivity (Wildman–Crippen MR) is 121 cm³/mol. The lowest BCUT2D eigenvalue weighted by Gasteiger charge is -2.16. The van der Waals surface area contributed by atoms with Crippen LogP contribution in [0.25, 0.3) is 0 Å². The maximum Gasteiger partial charge on any atom is 0.271 e. The molecule has 0 bridgehead atoms. The fraction of sp³-hybridized carbons (Fsp3) is 0.167. The predicted octanol–water partition coefficient (Wildman–Crippen LogP) is 3.99. The molecule has 0 heterocycles. The van der Waals surface area contributed by atoms with Crippen molar-refractivity contribution in [2.24, 2.45) is 0 Å². The monoisotopic (exact) mass is 449 g/mol. The standard InChI is InChI=1S/C24H23N3O6/c1-14(16-5-3-7-21(28)12-16)25-23(30)18-9-19(11-20(10-18)27(32)33)24(31)26-15(2)17-6-4-8-22(29)13-17/h3-15,28-29H,1-2H3,(H,25,30)(H,26,31)/t14-,15-/m0/s1. The number of nitrogens with one attached hydrogen (secondary N) is 2. The van der Waals surface area contributed by atoms with Gasteiger partial charge >= 0.3 is 0 Å². The minimum atomic E-state index is -0.676. The summed E-state index contributed by atoms with van der Waals surface area (Å²) in [6.45, 7) is 3.41. The highest BCUT2D eigenvalue weighted by Crippen LogP contribution is 2.22. The van der Waals surface area contributed by atoms with Crippen molar-refractivity contribution in [2.45, 2.75) is 25.9 Å². The first-order chi connectivity index (χ1) is 15.6. The molecule has 0 radical (unpaired) electrons. The summed E-state index contributed by atoms with van der Waals surface area (Å²) in [4.78, 5) is 36.3. The number of hydrogen-bond acceptors (Lipinski definition) is 6. The fourth-order valence-corrected chi connectivity index (χ4v) is 3.29. The molecule has 0 saturated heterocycles. The number of nitro groups is 1. The van der Waals surface area contributed by atoms with E-state index in [1.165, 1.54) is 30.3 Å². The van der Waals surface area contributed by atoms with Gasteiger partial charge in [-0.1, -0.05) is 24.3 Å². The summed E-state index contributed by atoms with van der Waals surface area (Å²) < 4.78 is 0. The van der Waals surface area contributed by atoms with Crippen molar-refractivity contribution in [3.63, 3.8) is 0 Å². The normalized spacial score (nSPS) is 12.4. The lowest BCUT2D eigenvalue weighted by Crippen LogP contribution is -2.29. The van der Waals surface area contributed by atoms with Crippen LogP contribution in [0.3, 0.4) is 0 Å². The Morgan fingerprint density at radius 2 is 1.21 bits per heavy atom. The number of phenols is 2. The molecule has 3 aromatic rings. The van der Waals surface area contributed by atoms with Crippen LogP contribution in [-0.4, -0.2) is 27.0 Å². The number of carbonyl (C=O) groups is 2. The van der Waals surface area contributed by atoms with Crippen LogP contribution in [0.5, 0.6) is 11.5 Å². The SMILES string of the molecule is C[C@H](NC(=O)c1cc(C(=O)N[C@@H](C)c2cccc(O)c2)cc([N+](=O)[O-])c1)c1cccc(O)c1. The van der Waals surface area contributed by atoms with Crippen LogP contribution in [0.15, 0.2) is 66.7 Å². The zero-order valence-electron chi connectivity index (χ0n) is 18.0. The van der Waals surface area contributed by atoms with Crippen LogP contribution in [0.2, 0.25) is 0 Å². The van der Waals surface area contributed by atoms with Crippen molar-refractivity contribution in [3.05, 3.63) is 99.1 Å². The van der Waals surface area contributed by atoms with Gasteiger partial charge in [-0.25, -0.2) is 0 Å². The Morgan fingerprint density at radius 3 is 1.58 bits per heavy atom. The van der Waals surface area contributed by atoms with Gasteiger partial charge in [0.15, 0.2) is 0 Å². The van der Waals surface area contributed by atoms with Gasteiger partial charge in [-0.3, -0.25) is 19.7 Å². The minimum Gasteiger partial charge on any atom is -0.508 e. The van der Waals surface area contributed by atoms with Crippen LogP contribution in [-0.2, 0) is 0 Å². The number of nitro benzene ring substituents is 1. The van der Waals surface area contributed by atoms with Gasteiger partial charge in [-0.05, 0) is 55.3 Å². The third kappa shape index (κ3) is 5.85. The molecule has 0 saturated carbocycles. The van der Waals surface area contributed by atoms with E-state index in [9.17, 15) is 29.9 Å². The Kier molecular flexibility index (Phi) is 6.92. The molecule has 0 spiro atoms. The molecule has 9 heteroatoms. The summed E-state index contributed by atoms with van der Waals surface area (Å²) in [6.07, 6.45) is 0. The van der Waals surface area contributed by atoms with Crippen molar-refractivity contribution in [3.8, 4) is 11.5 Å². The van der Waals surface area contributed by atoms with E-state index < -0.39 is 34.5 Å². The number of phenolic OH excluding ortho intramolecular Hbond substituents is 2. The highest BCUT2D eigenvalue weighted by Gasteiger charge is 2.21. The second-order valence-corrected chi connectivity index (χ2v) is 7.61. The van der Waals surface area contributed by atoms with Crippen LogP contribution >= 0.6 is 0 Å². The number of hydrogen-bond donors (Lipinski definition) is 4.